The first kappa shape index (κ1) is 27.2. The molecule has 1 saturated heterocycles. The molecule has 3 aliphatic carbocycles. The van der Waals surface area contributed by atoms with Crippen LogP contribution in [0.2, 0.25) is 0 Å². The average Bonchev–Trinajstić information content (AvgIpc) is 3.91. The second-order valence-corrected chi connectivity index (χ2v) is 11.9. The normalized spacial score (nSPS) is 22.5. The second-order valence-electron chi connectivity index (χ2n) is 11.9. The number of hydrogen-bond donors (Lipinski definition) is 2. The van der Waals surface area contributed by atoms with Crippen LogP contribution in [0.5, 0.6) is 0 Å². The summed E-state index contributed by atoms with van der Waals surface area (Å²) < 4.78 is 56.4. The Morgan fingerprint density at radius 1 is 1.17 bits per heavy atom. The Labute approximate surface area is 238 Å². The van der Waals surface area contributed by atoms with Crippen molar-refractivity contribution in [3.63, 3.8) is 0 Å². The Kier molecular flexibility index (Phi) is 6.63. The van der Waals surface area contributed by atoms with Crippen LogP contribution in [0, 0.1) is 17.8 Å². The number of benzene rings is 1. The van der Waals surface area contributed by atoms with E-state index in [0.29, 0.717) is 40.1 Å². The Morgan fingerprint density at radius 2 is 1.90 bits per heavy atom. The maximum Gasteiger partial charge on any atom is 0.410 e. The molecule has 0 unspecified atom stereocenters. The zero-order valence-corrected chi connectivity index (χ0v) is 22.9. The van der Waals surface area contributed by atoms with Gasteiger partial charge in [-0.15, -0.1) is 0 Å². The van der Waals surface area contributed by atoms with Crippen molar-refractivity contribution in [1.29, 1.82) is 0 Å². The van der Waals surface area contributed by atoms with Gasteiger partial charge in [0.15, 0.2) is 11.3 Å². The van der Waals surface area contributed by atoms with Crippen LogP contribution < -0.4 is 10.6 Å². The molecule has 4 aliphatic rings. The van der Waals surface area contributed by atoms with Crippen molar-refractivity contribution >= 4 is 23.0 Å². The van der Waals surface area contributed by atoms with E-state index in [-0.39, 0.29) is 30.0 Å². The highest BCUT2D eigenvalue weighted by atomic mass is 19.4. The smallest absolute Gasteiger partial charge is 0.410 e. The van der Waals surface area contributed by atoms with Crippen LogP contribution in [0.15, 0.2) is 27.2 Å². The quantitative estimate of drug-likeness (QED) is 0.331. The third kappa shape index (κ3) is 5.20. The number of halogens is 3. The molecule has 224 valence electrons. The van der Waals surface area contributed by atoms with Crippen molar-refractivity contribution < 1.29 is 36.5 Å². The fourth-order valence-corrected chi connectivity index (χ4v) is 6.24. The maximum atomic E-state index is 13.5. The molecule has 0 spiro atoms. The van der Waals surface area contributed by atoms with Gasteiger partial charge in [0, 0.05) is 13.0 Å². The Morgan fingerprint density at radius 3 is 2.52 bits per heavy atom. The molecular weight excluding hydrogens is 557 g/mol. The summed E-state index contributed by atoms with van der Waals surface area (Å²) in [5, 5.41) is 13.0. The van der Waals surface area contributed by atoms with E-state index in [2.05, 4.69) is 15.6 Å². The Hall–Kier alpha value is -3.68. The van der Waals surface area contributed by atoms with E-state index in [1.54, 1.807) is 18.2 Å². The molecule has 2 N–H and O–H groups in total. The summed E-state index contributed by atoms with van der Waals surface area (Å²) in [7, 11) is 1.43. The molecule has 2 aromatic heterocycles. The van der Waals surface area contributed by atoms with Gasteiger partial charge in [-0.3, -0.25) is 4.79 Å². The third-order valence-corrected chi connectivity index (χ3v) is 8.81. The van der Waals surface area contributed by atoms with Gasteiger partial charge >= 0.3 is 12.2 Å². The topological polar surface area (TPSA) is 136 Å². The number of nitrogens with one attached hydrogen (secondary N) is 2. The standard InChI is InChI=1S/C28H31F3N6O5/c1-40-12-18(37-11-20(28(29,30)31)33-27(37)39)16-8-9-19-17(10-16)32-26(41-19)23(21(13-2-3-13)14-4-5-14)34-25(38)24-22(15-6-7-15)35-42-36-24/h8-10,13-15,18,20-21,23H,2-7,11-12H2,1H3,(H,33,39)(H,34,38)/t18-,20-,23+/m0/s1. The summed E-state index contributed by atoms with van der Waals surface area (Å²) in [5.74, 6) is 1.23. The maximum absolute atomic E-state index is 13.5. The largest absolute Gasteiger partial charge is 0.438 e. The number of rotatable bonds is 11. The first-order valence-electron chi connectivity index (χ1n) is 14.4. The number of urea groups is 1. The molecule has 11 nitrogen and oxygen atoms in total. The van der Waals surface area contributed by atoms with E-state index in [1.165, 1.54) is 7.11 Å². The zero-order chi connectivity index (χ0) is 29.2. The Balaban J connectivity index is 1.19. The van der Waals surface area contributed by atoms with Gasteiger partial charge in [-0.25, -0.2) is 14.4 Å². The van der Waals surface area contributed by atoms with E-state index in [0.717, 1.165) is 43.4 Å². The summed E-state index contributed by atoms with van der Waals surface area (Å²) in [6.07, 6.45) is 1.63. The predicted octanol–water partition coefficient (Wildman–Crippen LogP) is 4.64. The Bertz CT molecular complexity index is 1480. The van der Waals surface area contributed by atoms with Crippen molar-refractivity contribution in [2.45, 2.75) is 68.7 Å². The molecular formula is C28H31F3N6O5. The molecule has 14 heteroatoms. The molecule has 3 heterocycles. The van der Waals surface area contributed by atoms with Crippen molar-refractivity contribution in [1.82, 2.24) is 30.8 Å². The molecule has 3 aromatic rings. The number of alkyl halides is 3. The van der Waals surface area contributed by atoms with Crippen molar-refractivity contribution in [3.05, 3.63) is 41.0 Å². The first-order chi connectivity index (χ1) is 20.2. The van der Waals surface area contributed by atoms with Gasteiger partial charge in [0.25, 0.3) is 5.91 Å². The van der Waals surface area contributed by atoms with Crippen LogP contribution >= 0.6 is 0 Å². The van der Waals surface area contributed by atoms with E-state index in [9.17, 15) is 22.8 Å². The second kappa shape index (κ2) is 10.2. The number of amides is 3. The summed E-state index contributed by atoms with van der Waals surface area (Å²) in [5.41, 5.74) is 2.27. The molecule has 3 atom stereocenters. The number of nitrogens with zero attached hydrogens (tertiary/aromatic N) is 4. The molecule has 0 bridgehead atoms. The number of ether oxygens (including phenoxy) is 1. The number of methoxy groups -OCH3 is 1. The molecule has 3 saturated carbocycles. The van der Waals surface area contributed by atoms with Gasteiger partial charge in [-0.05, 0) is 79.1 Å². The number of carbonyl (C=O) groups is 2. The van der Waals surface area contributed by atoms with Crippen LogP contribution in [0.3, 0.4) is 0 Å². The zero-order valence-electron chi connectivity index (χ0n) is 22.9. The number of hydrogen-bond acceptors (Lipinski definition) is 8. The fourth-order valence-electron chi connectivity index (χ4n) is 6.24. The first-order valence-corrected chi connectivity index (χ1v) is 14.4. The van der Waals surface area contributed by atoms with Crippen molar-refractivity contribution in [3.8, 4) is 0 Å². The lowest BCUT2D eigenvalue weighted by molar-refractivity contribution is -0.150. The van der Waals surface area contributed by atoms with Crippen LogP contribution in [-0.2, 0) is 4.74 Å². The van der Waals surface area contributed by atoms with Gasteiger partial charge in [0.05, 0.1) is 19.2 Å². The van der Waals surface area contributed by atoms with E-state index in [1.807, 2.05) is 5.32 Å². The number of aromatic nitrogens is 3. The summed E-state index contributed by atoms with van der Waals surface area (Å²) >= 11 is 0. The van der Waals surface area contributed by atoms with E-state index >= 15 is 0 Å². The van der Waals surface area contributed by atoms with Crippen LogP contribution in [0.25, 0.3) is 11.1 Å². The molecule has 4 fully saturated rings. The molecule has 3 amide bonds. The lowest BCUT2D eigenvalue weighted by atomic mass is 9.89. The molecule has 42 heavy (non-hydrogen) atoms. The van der Waals surface area contributed by atoms with Gasteiger partial charge in [0.2, 0.25) is 5.89 Å². The van der Waals surface area contributed by atoms with Crippen LogP contribution in [0.4, 0.5) is 18.0 Å². The molecule has 0 radical (unpaired) electrons. The van der Waals surface area contributed by atoms with Gasteiger partial charge in [-0.1, -0.05) is 11.2 Å². The van der Waals surface area contributed by atoms with Gasteiger partial charge in [0.1, 0.15) is 23.3 Å². The van der Waals surface area contributed by atoms with Crippen LogP contribution in [-0.4, -0.2) is 64.6 Å². The summed E-state index contributed by atoms with van der Waals surface area (Å²) in [6, 6.07) is 1.05. The number of carbonyl (C=O) groups excluding carboxylic acids is 2. The minimum Gasteiger partial charge on any atom is -0.438 e. The number of fused-ring (bicyclic) bond motifs is 1. The summed E-state index contributed by atoms with van der Waals surface area (Å²) in [6.45, 7) is -0.538. The monoisotopic (exact) mass is 588 g/mol. The number of oxazole rings is 1. The highest BCUT2D eigenvalue weighted by Crippen LogP contribution is 2.54. The predicted molar refractivity (Wildman–Crippen MR) is 139 cm³/mol. The van der Waals surface area contributed by atoms with Gasteiger partial charge < -0.3 is 24.7 Å². The fraction of sp³-hybridized carbons (Fsp3) is 0.607. The van der Waals surface area contributed by atoms with E-state index in [4.69, 9.17) is 18.8 Å². The third-order valence-electron chi connectivity index (χ3n) is 8.81. The van der Waals surface area contributed by atoms with Gasteiger partial charge in [-0.2, -0.15) is 13.2 Å². The lowest BCUT2D eigenvalue weighted by Gasteiger charge is -2.27. The van der Waals surface area contributed by atoms with Crippen molar-refractivity contribution in [2.24, 2.45) is 17.8 Å². The highest BCUT2D eigenvalue weighted by Gasteiger charge is 2.50. The minimum absolute atomic E-state index is 0.00656. The molecule has 1 aliphatic heterocycles. The SMILES string of the molecule is COC[C@@H](c1ccc2oc([C@H](NC(=O)c3nonc3C3CC3)C(C3CC3)C3CC3)nc2c1)N1C[C@@H](C(F)(F)F)NC1=O. The lowest BCUT2D eigenvalue weighted by Crippen LogP contribution is -2.40. The average molecular weight is 589 g/mol. The highest BCUT2D eigenvalue weighted by molar-refractivity contribution is 5.93. The summed E-state index contributed by atoms with van der Waals surface area (Å²) in [4.78, 5) is 31.9. The molecule has 7 rings (SSSR count). The van der Waals surface area contributed by atoms with E-state index < -0.39 is 36.9 Å². The van der Waals surface area contributed by atoms with Crippen LogP contribution in [0.1, 0.15) is 84.2 Å². The minimum atomic E-state index is -4.56. The van der Waals surface area contributed by atoms with Crippen molar-refractivity contribution in [2.75, 3.05) is 20.3 Å². The molecule has 1 aromatic carbocycles.